The Bertz CT molecular complexity index is 722. The Labute approximate surface area is 153 Å². The van der Waals surface area contributed by atoms with Crippen molar-refractivity contribution in [2.75, 3.05) is 26.7 Å². The molecular weight excluding hydrogens is 336 g/mol. The van der Waals surface area contributed by atoms with Gasteiger partial charge in [0.25, 0.3) is 0 Å². The Morgan fingerprint density at radius 3 is 2.38 bits per heavy atom. The minimum Gasteiger partial charge on any atom is -0.396 e. The highest BCUT2D eigenvalue weighted by atomic mass is 19.1. The first-order chi connectivity index (χ1) is 12.5. The first-order valence-electron chi connectivity index (χ1n) is 8.60. The third-order valence-electron chi connectivity index (χ3n) is 4.30. The van der Waals surface area contributed by atoms with Crippen molar-refractivity contribution >= 4 is 5.96 Å². The highest BCUT2D eigenvalue weighted by Gasteiger charge is 2.14. The molecule has 0 spiro atoms. The van der Waals surface area contributed by atoms with E-state index >= 15 is 0 Å². The van der Waals surface area contributed by atoms with Gasteiger partial charge in [-0.05, 0) is 17.2 Å². The lowest BCUT2D eigenvalue weighted by molar-refractivity contribution is 0.265. The van der Waals surface area contributed by atoms with Crippen LogP contribution in [0.3, 0.4) is 0 Å². The van der Waals surface area contributed by atoms with Gasteiger partial charge >= 0.3 is 0 Å². The van der Waals surface area contributed by atoms with Gasteiger partial charge in [0.05, 0.1) is 6.61 Å². The van der Waals surface area contributed by atoms with Crippen LogP contribution in [0.25, 0.3) is 0 Å². The first-order valence-corrected chi connectivity index (χ1v) is 8.60. The number of aliphatic hydroxyl groups is 1. The lowest BCUT2D eigenvalue weighted by Gasteiger charge is -2.20. The van der Waals surface area contributed by atoms with Gasteiger partial charge in [0.1, 0.15) is 11.6 Å². The number of benzene rings is 2. The van der Waals surface area contributed by atoms with Crippen molar-refractivity contribution in [2.45, 2.75) is 18.8 Å². The predicted octanol–water partition coefficient (Wildman–Crippen LogP) is 3.01. The maximum Gasteiger partial charge on any atom is 0.191 e. The average molecular weight is 361 g/mol. The molecule has 26 heavy (non-hydrogen) atoms. The molecule has 2 atom stereocenters. The van der Waals surface area contributed by atoms with Gasteiger partial charge < -0.3 is 15.7 Å². The summed E-state index contributed by atoms with van der Waals surface area (Å²) in [6.07, 6.45) is 0. The van der Waals surface area contributed by atoms with Crippen LogP contribution in [-0.2, 0) is 0 Å². The number of hydrogen-bond acceptors (Lipinski definition) is 2. The van der Waals surface area contributed by atoms with Gasteiger partial charge in [-0.15, -0.1) is 0 Å². The normalized spacial score (nSPS) is 14.0. The van der Waals surface area contributed by atoms with Crippen molar-refractivity contribution in [1.82, 2.24) is 10.6 Å². The van der Waals surface area contributed by atoms with Gasteiger partial charge in [0, 0.05) is 38.0 Å². The fourth-order valence-corrected chi connectivity index (χ4v) is 2.71. The Kier molecular flexibility index (Phi) is 7.53. The number of rotatable bonds is 7. The Balaban J connectivity index is 1.89. The number of nitrogens with one attached hydrogen (secondary N) is 2. The molecule has 2 aromatic carbocycles. The molecule has 0 heterocycles. The van der Waals surface area contributed by atoms with E-state index in [1.165, 1.54) is 12.1 Å². The van der Waals surface area contributed by atoms with Crippen LogP contribution in [-0.4, -0.2) is 37.8 Å². The van der Waals surface area contributed by atoms with E-state index in [1.54, 1.807) is 7.05 Å². The van der Waals surface area contributed by atoms with Crippen molar-refractivity contribution < 1.29 is 13.9 Å². The average Bonchev–Trinajstić information content (AvgIpc) is 2.65. The van der Waals surface area contributed by atoms with E-state index in [0.29, 0.717) is 24.6 Å². The number of hydrogen-bond donors (Lipinski definition) is 3. The highest BCUT2D eigenvalue weighted by molar-refractivity contribution is 5.79. The van der Waals surface area contributed by atoms with Crippen LogP contribution in [0.2, 0.25) is 0 Å². The minimum absolute atomic E-state index is 0.0190. The van der Waals surface area contributed by atoms with Crippen molar-refractivity contribution in [1.29, 1.82) is 0 Å². The fraction of sp³-hybridized carbons (Fsp3) is 0.350. The second kappa shape index (κ2) is 9.87. The van der Waals surface area contributed by atoms with Crippen molar-refractivity contribution in [3.05, 3.63) is 71.3 Å². The van der Waals surface area contributed by atoms with Gasteiger partial charge in [-0.25, -0.2) is 8.78 Å². The third-order valence-corrected chi connectivity index (χ3v) is 4.30. The summed E-state index contributed by atoms with van der Waals surface area (Å²) in [4.78, 5) is 4.15. The van der Waals surface area contributed by atoms with Gasteiger partial charge in [-0.1, -0.05) is 43.3 Å². The molecule has 0 saturated heterocycles. The SMILES string of the molecule is CN=C(NCC(C)c1ccc(F)cc1F)NCC(CO)c1ccccc1. The number of halogens is 2. The minimum atomic E-state index is -0.583. The summed E-state index contributed by atoms with van der Waals surface area (Å²) in [5.74, 6) is -0.779. The van der Waals surface area contributed by atoms with Crippen molar-refractivity contribution in [3.63, 3.8) is 0 Å². The van der Waals surface area contributed by atoms with E-state index in [1.807, 2.05) is 37.3 Å². The van der Waals surface area contributed by atoms with E-state index in [0.717, 1.165) is 11.6 Å². The quantitative estimate of drug-likeness (QED) is 0.525. The lowest BCUT2D eigenvalue weighted by Crippen LogP contribution is -2.41. The molecule has 140 valence electrons. The number of aliphatic hydroxyl groups excluding tert-OH is 1. The Morgan fingerprint density at radius 1 is 1.08 bits per heavy atom. The summed E-state index contributed by atoms with van der Waals surface area (Å²) in [7, 11) is 1.65. The molecule has 0 aliphatic heterocycles. The summed E-state index contributed by atoms with van der Waals surface area (Å²) in [6.45, 7) is 2.83. The van der Waals surface area contributed by atoms with Gasteiger partial charge in [-0.2, -0.15) is 0 Å². The molecule has 0 saturated carbocycles. The van der Waals surface area contributed by atoms with Gasteiger partial charge in [0.15, 0.2) is 5.96 Å². The molecule has 2 rings (SSSR count). The summed E-state index contributed by atoms with van der Waals surface area (Å²) >= 11 is 0. The van der Waals surface area contributed by atoms with Crippen LogP contribution in [0.1, 0.15) is 29.9 Å². The summed E-state index contributed by atoms with van der Waals surface area (Å²) in [5.41, 5.74) is 1.49. The highest BCUT2D eigenvalue weighted by Crippen LogP contribution is 2.19. The molecule has 0 aliphatic rings. The second-order valence-electron chi connectivity index (χ2n) is 6.19. The molecular formula is C20H25F2N3O. The zero-order valence-corrected chi connectivity index (χ0v) is 15.0. The molecule has 0 aromatic heterocycles. The largest absolute Gasteiger partial charge is 0.396 e. The van der Waals surface area contributed by atoms with Gasteiger partial charge in [-0.3, -0.25) is 4.99 Å². The molecule has 0 fully saturated rings. The first kappa shape index (κ1) is 19.8. The topological polar surface area (TPSA) is 56.7 Å². The van der Waals surface area contributed by atoms with E-state index in [4.69, 9.17) is 0 Å². The van der Waals surface area contributed by atoms with Crippen molar-refractivity contribution in [3.8, 4) is 0 Å². The molecule has 3 N–H and O–H groups in total. The van der Waals surface area contributed by atoms with E-state index in [9.17, 15) is 13.9 Å². The smallest absolute Gasteiger partial charge is 0.191 e. The maximum atomic E-state index is 13.9. The van der Waals surface area contributed by atoms with Gasteiger partial charge in [0.2, 0.25) is 0 Å². The zero-order chi connectivity index (χ0) is 18.9. The van der Waals surface area contributed by atoms with E-state index < -0.39 is 11.6 Å². The monoisotopic (exact) mass is 361 g/mol. The molecule has 4 nitrogen and oxygen atoms in total. The van der Waals surface area contributed by atoms with Crippen LogP contribution < -0.4 is 10.6 Å². The standard InChI is InChI=1S/C20H25F2N3O/c1-14(18-9-8-17(21)10-19(18)22)11-24-20(23-2)25-12-16(13-26)15-6-4-3-5-7-15/h3-10,14,16,26H,11-13H2,1-2H3,(H2,23,24,25). The molecule has 0 amide bonds. The number of aliphatic imine (C=N–C) groups is 1. The fourth-order valence-electron chi connectivity index (χ4n) is 2.71. The molecule has 0 aliphatic carbocycles. The molecule has 6 heteroatoms. The third kappa shape index (κ3) is 5.52. The van der Waals surface area contributed by atoms with Crippen LogP contribution in [0.4, 0.5) is 8.78 Å². The molecule has 2 aromatic rings. The van der Waals surface area contributed by atoms with E-state index in [-0.39, 0.29) is 18.4 Å². The van der Waals surface area contributed by atoms with E-state index in [2.05, 4.69) is 15.6 Å². The predicted molar refractivity (Wildman–Crippen MR) is 100 cm³/mol. The van der Waals surface area contributed by atoms with Crippen LogP contribution in [0.15, 0.2) is 53.5 Å². The van der Waals surface area contributed by atoms with Crippen LogP contribution in [0, 0.1) is 11.6 Å². The Hall–Kier alpha value is -2.47. The molecule has 2 unspecified atom stereocenters. The number of nitrogens with zero attached hydrogens (tertiary/aromatic N) is 1. The second-order valence-corrected chi connectivity index (χ2v) is 6.19. The number of guanidine groups is 1. The van der Waals surface area contributed by atoms with Crippen LogP contribution in [0.5, 0.6) is 0 Å². The van der Waals surface area contributed by atoms with Crippen LogP contribution >= 0.6 is 0 Å². The van der Waals surface area contributed by atoms with Crippen molar-refractivity contribution in [2.24, 2.45) is 4.99 Å². The zero-order valence-electron chi connectivity index (χ0n) is 15.0. The molecule has 0 bridgehead atoms. The molecule has 0 radical (unpaired) electrons. The lowest BCUT2D eigenvalue weighted by atomic mass is 10.00. The summed E-state index contributed by atoms with van der Waals surface area (Å²) in [5, 5.41) is 15.9. The Morgan fingerprint density at radius 2 is 1.77 bits per heavy atom. The summed E-state index contributed by atoms with van der Waals surface area (Å²) in [6, 6.07) is 13.4. The summed E-state index contributed by atoms with van der Waals surface area (Å²) < 4.78 is 26.9. The maximum absolute atomic E-state index is 13.9.